The van der Waals surface area contributed by atoms with Crippen molar-refractivity contribution in [3.63, 3.8) is 0 Å². The molecule has 0 heterocycles. The van der Waals surface area contributed by atoms with Crippen LogP contribution in [0.3, 0.4) is 0 Å². The Morgan fingerprint density at radius 1 is 1.83 bits per heavy atom. The van der Waals surface area contributed by atoms with Crippen molar-refractivity contribution < 1.29 is 4.21 Å². The molecule has 0 radical (unpaired) electrons. The zero-order valence-corrected chi connectivity index (χ0v) is 4.47. The van der Waals surface area contributed by atoms with Crippen molar-refractivity contribution in [3.8, 4) is 11.3 Å². The highest BCUT2D eigenvalue weighted by molar-refractivity contribution is 7.65. The van der Waals surface area contributed by atoms with E-state index in [9.17, 15) is 4.21 Å². The van der Waals surface area contributed by atoms with E-state index in [0.717, 1.165) is 0 Å². The number of hydrogen-bond donors (Lipinski definition) is 0. The summed E-state index contributed by atoms with van der Waals surface area (Å²) in [6.45, 7) is 0. The van der Waals surface area contributed by atoms with Gasteiger partial charge in [-0.3, -0.25) is 0 Å². The van der Waals surface area contributed by atoms with E-state index in [1.165, 1.54) is 0 Å². The Kier molecular flexibility index (Phi) is 4.76. The topological polar surface area (TPSA) is 17.1 Å². The molecule has 1 nitrogen and oxygen atoms in total. The lowest BCUT2D eigenvalue weighted by molar-refractivity contribution is 0.606. The van der Waals surface area contributed by atoms with Gasteiger partial charge in [0.1, 0.15) is 0 Å². The summed E-state index contributed by atoms with van der Waals surface area (Å²) >= 11 is 5.29. The normalized spacial score (nSPS) is 5.50. The van der Waals surface area contributed by atoms with Crippen molar-refractivity contribution in [1.29, 1.82) is 0 Å². The van der Waals surface area contributed by atoms with Crippen molar-refractivity contribution in [2.75, 3.05) is 5.75 Å². The van der Waals surface area contributed by atoms with Crippen LogP contribution in [0.25, 0.3) is 0 Å². The lowest BCUT2D eigenvalue weighted by Gasteiger charge is -1.42. The Morgan fingerprint density at radius 2 is 2.50 bits per heavy atom. The van der Waals surface area contributed by atoms with Crippen molar-refractivity contribution in [2.24, 2.45) is 0 Å². The smallest absolute Gasteiger partial charge is 0.0227 e. The van der Waals surface area contributed by atoms with Crippen molar-refractivity contribution in [2.45, 2.75) is 0 Å². The van der Waals surface area contributed by atoms with Crippen LogP contribution < -0.4 is 0 Å². The molecule has 32 valence electrons. The molecule has 6 heavy (non-hydrogen) atoms. The second-order valence-electron chi connectivity index (χ2n) is 0.533. The second kappa shape index (κ2) is 4.87. The molecule has 0 aromatic rings. The summed E-state index contributed by atoms with van der Waals surface area (Å²) in [6.07, 6.45) is 0. The van der Waals surface area contributed by atoms with E-state index in [1.807, 2.05) is 0 Å². The summed E-state index contributed by atoms with van der Waals surface area (Å²) in [5.74, 6) is 2.65. The monoisotopic (exact) mass is 121 g/mol. The van der Waals surface area contributed by atoms with E-state index in [1.54, 1.807) is 0 Å². The summed E-state index contributed by atoms with van der Waals surface area (Å²) in [5.41, 5.74) is 0. The predicted molar refractivity (Wildman–Crippen MR) is 26.5 cm³/mol. The van der Waals surface area contributed by atoms with Crippen LogP contribution in [-0.2, 0) is 15.9 Å². The fraction of sp³-hybridized carbons (Fsp3) is 0.333. The van der Waals surface area contributed by atoms with E-state index >= 15 is 0 Å². The molecule has 0 aromatic carbocycles. The maximum atomic E-state index is 9.44. The molecule has 0 N–H and O–H groups in total. The minimum Gasteiger partial charge on any atom is -0.0227 e. The van der Waals surface area contributed by atoms with Crippen LogP contribution in [0.5, 0.6) is 0 Å². The zero-order valence-electron chi connectivity index (χ0n) is 2.90. The largest absolute Gasteiger partial charge is 0.472 e. The highest BCUT2D eigenvalue weighted by Gasteiger charge is 1.84. The molecular weight excluding hydrogens is 120 g/mol. The van der Waals surface area contributed by atoms with Gasteiger partial charge in [0.05, 0.1) is 0 Å². The zero-order chi connectivity index (χ0) is 4.83. The molecule has 0 atom stereocenters. The van der Waals surface area contributed by atoms with E-state index < -0.39 is 0 Å². The standard InChI is InChI=1S/C3H2ClOS/c4-2-1-3-6-5/h3H2/q+1. The first-order valence-electron chi connectivity index (χ1n) is 1.25. The highest BCUT2D eigenvalue weighted by atomic mass is 35.5. The highest BCUT2D eigenvalue weighted by Crippen LogP contribution is 1.61. The molecule has 0 spiro atoms. The molecule has 0 aromatic heterocycles. The van der Waals surface area contributed by atoms with Crippen molar-refractivity contribution >= 4 is 23.3 Å². The summed E-state index contributed by atoms with van der Waals surface area (Å²) < 4.78 is 9.44. The molecule has 0 aliphatic rings. The Morgan fingerprint density at radius 3 is 2.67 bits per heavy atom. The van der Waals surface area contributed by atoms with Crippen LogP contribution in [0.1, 0.15) is 0 Å². The van der Waals surface area contributed by atoms with Crippen molar-refractivity contribution in [1.82, 2.24) is 0 Å². The van der Waals surface area contributed by atoms with Gasteiger partial charge in [0.15, 0.2) is 0 Å². The maximum absolute atomic E-state index is 9.44. The summed E-state index contributed by atoms with van der Waals surface area (Å²) in [5, 5.41) is 2.07. The van der Waals surface area contributed by atoms with E-state index in [4.69, 9.17) is 11.6 Å². The molecule has 0 saturated carbocycles. The third-order valence-electron chi connectivity index (χ3n) is 0.198. The Bertz CT molecular complexity index is 90.7. The molecular formula is C3H2ClOS+. The number of halogens is 1. The lowest BCUT2D eigenvalue weighted by Crippen LogP contribution is -1.66. The average Bonchev–Trinajstić information content (AvgIpc) is 1.61. The van der Waals surface area contributed by atoms with Gasteiger partial charge in [-0.1, -0.05) is 0 Å². The molecule has 0 aliphatic heterocycles. The Hall–Kier alpha value is -0.130. The summed E-state index contributed by atoms with van der Waals surface area (Å²) in [7, 11) is 0. The fourth-order valence-electron chi connectivity index (χ4n) is 0.0567. The van der Waals surface area contributed by atoms with Gasteiger partial charge in [-0.15, -0.1) is 0 Å². The van der Waals surface area contributed by atoms with Gasteiger partial charge in [0, 0.05) is 9.59 Å². The first-order chi connectivity index (χ1) is 2.91. The third-order valence-corrected chi connectivity index (χ3v) is 0.594. The maximum Gasteiger partial charge on any atom is 0.472 e. The van der Waals surface area contributed by atoms with Crippen LogP contribution in [0.4, 0.5) is 0 Å². The Labute approximate surface area is 45.2 Å². The number of hydrogen-bond acceptors (Lipinski definition) is 1. The van der Waals surface area contributed by atoms with E-state index in [-0.39, 0.29) is 5.75 Å². The van der Waals surface area contributed by atoms with E-state index in [0.29, 0.717) is 11.7 Å². The summed E-state index contributed by atoms with van der Waals surface area (Å²) in [4.78, 5) is 0. The molecule has 0 bridgehead atoms. The van der Waals surface area contributed by atoms with Gasteiger partial charge in [-0.2, -0.15) is 0 Å². The van der Waals surface area contributed by atoms with Crippen LogP contribution >= 0.6 is 11.6 Å². The number of rotatable bonds is 1. The fourth-order valence-corrected chi connectivity index (χ4v) is 0.334. The van der Waals surface area contributed by atoms with Gasteiger partial charge >= 0.3 is 11.7 Å². The molecule has 0 amide bonds. The van der Waals surface area contributed by atoms with Crippen molar-refractivity contribution in [3.05, 3.63) is 0 Å². The second-order valence-corrected chi connectivity index (χ2v) is 1.25. The van der Waals surface area contributed by atoms with Gasteiger partial charge in [-0.05, 0) is 17.5 Å². The van der Waals surface area contributed by atoms with Gasteiger partial charge in [0.2, 0.25) is 0 Å². The first kappa shape index (κ1) is 5.87. The average molecular weight is 122 g/mol. The molecule has 3 heteroatoms. The van der Waals surface area contributed by atoms with Crippen LogP contribution in [0.15, 0.2) is 0 Å². The Balaban J connectivity index is 3.00. The van der Waals surface area contributed by atoms with Gasteiger partial charge < -0.3 is 0 Å². The molecule has 0 fully saturated rings. The third kappa shape index (κ3) is 3.87. The SMILES string of the molecule is O=[S+]CC#CCl. The van der Waals surface area contributed by atoms with Gasteiger partial charge in [-0.25, -0.2) is 0 Å². The lowest BCUT2D eigenvalue weighted by atomic mass is 10.8. The predicted octanol–water partition coefficient (Wildman–Crippen LogP) is 0.614. The first-order valence-corrected chi connectivity index (χ1v) is 2.54. The molecule has 0 saturated heterocycles. The molecule has 0 aliphatic carbocycles. The van der Waals surface area contributed by atoms with Gasteiger partial charge in [0.25, 0.3) is 5.75 Å². The summed E-state index contributed by atoms with van der Waals surface area (Å²) in [6, 6.07) is 0. The minimum absolute atomic E-state index is 0.281. The molecule has 0 rings (SSSR count). The van der Waals surface area contributed by atoms with E-state index in [2.05, 4.69) is 11.3 Å². The van der Waals surface area contributed by atoms with Crippen LogP contribution in [-0.4, -0.2) is 5.75 Å². The van der Waals surface area contributed by atoms with Crippen LogP contribution in [0, 0.1) is 11.3 Å². The quantitative estimate of drug-likeness (QED) is 0.367. The minimum atomic E-state index is 0.281. The van der Waals surface area contributed by atoms with Crippen LogP contribution in [0.2, 0.25) is 0 Å². The molecule has 0 unspecified atom stereocenters.